The van der Waals surface area contributed by atoms with Gasteiger partial charge in [-0.1, -0.05) is 38.3 Å². The van der Waals surface area contributed by atoms with E-state index in [4.69, 9.17) is 17.3 Å². The summed E-state index contributed by atoms with van der Waals surface area (Å²) in [7, 11) is -3.56. The monoisotopic (exact) mass is 316 g/mol. The average molecular weight is 317 g/mol. The molecular weight excluding hydrogens is 296 g/mol. The summed E-state index contributed by atoms with van der Waals surface area (Å²) in [6.07, 6.45) is 4.11. The van der Waals surface area contributed by atoms with E-state index in [0.717, 1.165) is 25.7 Å². The lowest BCUT2D eigenvalue weighted by Crippen LogP contribution is -2.46. The maximum absolute atomic E-state index is 12.4. The minimum absolute atomic E-state index is 0.0245. The zero-order chi connectivity index (χ0) is 15.0. The van der Waals surface area contributed by atoms with E-state index in [9.17, 15) is 8.42 Å². The molecule has 3 N–H and O–H groups in total. The maximum Gasteiger partial charge on any atom is 0.240 e. The van der Waals surface area contributed by atoms with Crippen molar-refractivity contribution >= 4 is 27.3 Å². The van der Waals surface area contributed by atoms with Crippen LogP contribution in [0.2, 0.25) is 5.02 Å². The normalized spacial score (nSPS) is 22.6. The third-order valence-electron chi connectivity index (χ3n) is 4.08. The van der Waals surface area contributed by atoms with Crippen LogP contribution in [0.25, 0.3) is 0 Å². The smallest absolute Gasteiger partial charge is 0.240 e. The Labute approximate surface area is 125 Å². The van der Waals surface area contributed by atoms with E-state index in [1.165, 1.54) is 18.2 Å². The lowest BCUT2D eigenvalue weighted by Gasteiger charge is -2.38. The quantitative estimate of drug-likeness (QED) is 0.841. The van der Waals surface area contributed by atoms with Gasteiger partial charge in [-0.25, -0.2) is 13.1 Å². The first kappa shape index (κ1) is 15.6. The van der Waals surface area contributed by atoms with Gasteiger partial charge in [-0.05, 0) is 36.5 Å². The van der Waals surface area contributed by atoms with E-state index in [0.29, 0.717) is 5.02 Å². The molecule has 112 valence electrons. The lowest BCUT2D eigenvalue weighted by atomic mass is 9.74. The predicted octanol–water partition coefficient (Wildman–Crippen LogP) is 3.17. The largest absolute Gasteiger partial charge is 0.397 e. The number of halogens is 1. The topological polar surface area (TPSA) is 72.2 Å². The number of nitrogens with one attached hydrogen (secondary N) is 1. The third-order valence-corrected chi connectivity index (χ3v) is 5.90. The number of sulfonamides is 1. The van der Waals surface area contributed by atoms with Crippen LogP contribution in [0, 0.1) is 5.41 Å². The van der Waals surface area contributed by atoms with E-state index in [1.54, 1.807) is 0 Å². The predicted molar refractivity (Wildman–Crippen MR) is 82.2 cm³/mol. The molecular formula is C14H21ClN2O2S. The highest BCUT2D eigenvalue weighted by Crippen LogP contribution is 2.36. The number of nitrogen functional groups attached to an aromatic ring is 1. The minimum Gasteiger partial charge on any atom is -0.397 e. The van der Waals surface area contributed by atoms with Gasteiger partial charge in [0.15, 0.2) is 0 Å². The van der Waals surface area contributed by atoms with Crippen LogP contribution in [0.3, 0.4) is 0 Å². The Kier molecular flexibility index (Phi) is 4.33. The molecule has 0 heterocycles. The molecule has 0 amide bonds. The van der Waals surface area contributed by atoms with Gasteiger partial charge in [0.25, 0.3) is 0 Å². The Morgan fingerprint density at radius 2 is 2.05 bits per heavy atom. The molecule has 0 saturated heterocycles. The molecule has 1 saturated carbocycles. The fourth-order valence-corrected chi connectivity index (χ4v) is 4.25. The molecule has 1 aliphatic rings. The summed E-state index contributed by atoms with van der Waals surface area (Å²) in [5, 5.41) is 0.363. The standard InChI is InChI=1S/C14H21ClN2O2S/c1-14(2)8-4-3-5-13(14)17-20(18,19)10-6-7-11(15)12(16)9-10/h6-7,9,13,17H,3-5,8,16H2,1-2H3. The van der Waals surface area contributed by atoms with Crippen LogP contribution in [0.15, 0.2) is 23.1 Å². The molecule has 1 aromatic carbocycles. The zero-order valence-corrected chi connectivity index (χ0v) is 13.4. The summed E-state index contributed by atoms with van der Waals surface area (Å²) in [6.45, 7) is 4.21. The van der Waals surface area contributed by atoms with Crippen LogP contribution >= 0.6 is 11.6 Å². The number of rotatable bonds is 3. The molecule has 2 rings (SSSR count). The second kappa shape index (κ2) is 5.54. The Bertz CT molecular complexity index is 599. The second-order valence-electron chi connectivity index (χ2n) is 6.09. The van der Waals surface area contributed by atoms with Crippen molar-refractivity contribution in [3.05, 3.63) is 23.2 Å². The molecule has 0 radical (unpaired) electrons. The van der Waals surface area contributed by atoms with Crippen LogP contribution in [-0.4, -0.2) is 14.5 Å². The zero-order valence-electron chi connectivity index (χ0n) is 11.8. The van der Waals surface area contributed by atoms with Crippen molar-refractivity contribution in [3.8, 4) is 0 Å². The maximum atomic E-state index is 12.4. The Hall–Kier alpha value is -0.780. The minimum atomic E-state index is -3.56. The van der Waals surface area contributed by atoms with Gasteiger partial charge < -0.3 is 5.73 Å². The highest BCUT2D eigenvalue weighted by Gasteiger charge is 2.35. The van der Waals surface area contributed by atoms with Crippen molar-refractivity contribution in [1.29, 1.82) is 0 Å². The Balaban J connectivity index is 2.24. The first-order valence-electron chi connectivity index (χ1n) is 6.80. The number of hydrogen-bond acceptors (Lipinski definition) is 3. The van der Waals surface area contributed by atoms with Crippen molar-refractivity contribution in [2.75, 3.05) is 5.73 Å². The SMILES string of the molecule is CC1(C)CCCCC1NS(=O)(=O)c1ccc(Cl)c(N)c1. The fourth-order valence-electron chi connectivity index (χ4n) is 2.66. The summed E-state index contributed by atoms with van der Waals surface area (Å²) in [5.74, 6) is 0. The Morgan fingerprint density at radius 1 is 1.35 bits per heavy atom. The molecule has 1 aliphatic carbocycles. The highest BCUT2D eigenvalue weighted by molar-refractivity contribution is 7.89. The van der Waals surface area contributed by atoms with Crippen LogP contribution in [0.1, 0.15) is 39.5 Å². The molecule has 0 aromatic heterocycles. The molecule has 0 aliphatic heterocycles. The fraction of sp³-hybridized carbons (Fsp3) is 0.571. The first-order chi connectivity index (χ1) is 9.22. The number of anilines is 1. The molecule has 1 aromatic rings. The van der Waals surface area contributed by atoms with E-state index < -0.39 is 10.0 Å². The van der Waals surface area contributed by atoms with Crippen LogP contribution < -0.4 is 10.5 Å². The van der Waals surface area contributed by atoms with Crippen LogP contribution in [0.5, 0.6) is 0 Å². The molecule has 6 heteroatoms. The van der Waals surface area contributed by atoms with Crippen molar-refractivity contribution in [2.24, 2.45) is 5.41 Å². The summed E-state index contributed by atoms with van der Waals surface area (Å²) in [6, 6.07) is 4.35. The van der Waals surface area contributed by atoms with Crippen molar-refractivity contribution in [2.45, 2.75) is 50.5 Å². The molecule has 1 fully saturated rings. The van der Waals surface area contributed by atoms with Crippen LogP contribution in [-0.2, 0) is 10.0 Å². The van der Waals surface area contributed by atoms with Crippen molar-refractivity contribution in [1.82, 2.24) is 4.72 Å². The van der Waals surface area contributed by atoms with E-state index >= 15 is 0 Å². The average Bonchev–Trinajstić information content (AvgIpc) is 2.35. The second-order valence-corrected chi connectivity index (χ2v) is 8.21. The number of benzene rings is 1. The summed E-state index contributed by atoms with van der Waals surface area (Å²) in [5.41, 5.74) is 5.93. The van der Waals surface area contributed by atoms with Gasteiger partial charge in [0.05, 0.1) is 15.6 Å². The molecule has 0 spiro atoms. The van der Waals surface area contributed by atoms with E-state index in [1.807, 2.05) is 0 Å². The van der Waals surface area contributed by atoms with E-state index in [2.05, 4.69) is 18.6 Å². The van der Waals surface area contributed by atoms with Gasteiger partial charge in [-0.15, -0.1) is 0 Å². The molecule has 20 heavy (non-hydrogen) atoms. The Morgan fingerprint density at radius 3 is 2.65 bits per heavy atom. The summed E-state index contributed by atoms with van der Waals surface area (Å²) in [4.78, 5) is 0.167. The number of nitrogens with two attached hydrogens (primary N) is 1. The summed E-state index contributed by atoms with van der Waals surface area (Å²) >= 11 is 5.83. The first-order valence-corrected chi connectivity index (χ1v) is 8.66. The van der Waals surface area contributed by atoms with E-state index in [-0.39, 0.29) is 22.0 Å². The molecule has 4 nitrogen and oxygen atoms in total. The third kappa shape index (κ3) is 3.27. The molecule has 1 unspecified atom stereocenters. The van der Waals surface area contributed by atoms with Gasteiger partial charge in [-0.3, -0.25) is 0 Å². The molecule has 0 bridgehead atoms. The van der Waals surface area contributed by atoms with Gasteiger partial charge in [0, 0.05) is 6.04 Å². The molecule has 1 atom stereocenters. The highest BCUT2D eigenvalue weighted by atomic mass is 35.5. The van der Waals surface area contributed by atoms with Gasteiger partial charge in [-0.2, -0.15) is 0 Å². The lowest BCUT2D eigenvalue weighted by molar-refractivity contribution is 0.188. The van der Waals surface area contributed by atoms with Crippen molar-refractivity contribution in [3.63, 3.8) is 0 Å². The van der Waals surface area contributed by atoms with Gasteiger partial charge in [0.2, 0.25) is 10.0 Å². The van der Waals surface area contributed by atoms with Crippen molar-refractivity contribution < 1.29 is 8.42 Å². The van der Waals surface area contributed by atoms with Gasteiger partial charge >= 0.3 is 0 Å². The van der Waals surface area contributed by atoms with Gasteiger partial charge in [0.1, 0.15) is 0 Å². The number of hydrogen-bond donors (Lipinski definition) is 2. The summed E-state index contributed by atoms with van der Waals surface area (Å²) < 4.78 is 27.7. The van der Waals surface area contributed by atoms with Crippen LogP contribution in [0.4, 0.5) is 5.69 Å².